The normalized spacial score (nSPS) is 13.2. The van der Waals surface area contributed by atoms with Crippen LogP contribution in [0.25, 0.3) is 0 Å². The number of carbonyl (C=O) groups is 1. The van der Waals surface area contributed by atoms with Gasteiger partial charge in [0.15, 0.2) is 0 Å². The number of methoxy groups -OCH3 is 1. The van der Waals surface area contributed by atoms with E-state index >= 15 is 0 Å². The first kappa shape index (κ1) is 14.6. The second-order valence-corrected chi connectivity index (χ2v) is 5.03. The molecule has 0 radical (unpaired) electrons. The standard InChI is InChI=1S/C14H20FNO2/c1-10(11-6-5-7-12(15)8-11)16-9-14(2,3)13(17)18-4/h5-8,10,16H,9H2,1-4H3. The van der Waals surface area contributed by atoms with Crippen LogP contribution in [0.15, 0.2) is 24.3 Å². The molecule has 0 fully saturated rings. The van der Waals surface area contributed by atoms with Crippen LogP contribution in [-0.4, -0.2) is 19.6 Å². The summed E-state index contributed by atoms with van der Waals surface area (Å²) in [5.74, 6) is -0.519. The average Bonchev–Trinajstić information content (AvgIpc) is 2.35. The van der Waals surface area contributed by atoms with Crippen LogP contribution in [0.5, 0.6) is 0 Å². The van der Waals surface area contributed by atoms with Gasteiger partial charge in [-0.3, -0.25) is 4.79 Å². The van der Waals surface area contributed by atoms with Gasteiger partial charge in [-0.1, -0.05) is 12.1 Å². The Morgan fingerprint density at radius 3 is 2.72 bits per heavy atom. The lowest BCUT2D eigenvalue weighted by Gasteiger charge is -2.24. The quantitative estimate of drug-likeness (QED) is 0.820. The van der Waals surface area contributed by atoms with Crippen LogP contribution in [0, 0.1) is 11.2 Å². The lowest BCUT2D eigenvalue weighted by Crippen LogP contribution is -2.38. The van der Waals surface area contributed by atoms with Crippen LogP contribution in [-0.2, 0) is 9.53 Å². The maximum Gasteiger partial charge on any atom is 0.312 e. The van der Waals surface area contributed by atoms with Crippen molar-refractivity contribution in [2.75, 3.05) is 13.7 Å². The van der Waals surface area contributed by atoms with E-state index in [0.29, 0.717) is 6.54 Å². The summed E-state index contributed by atoms with van der Waals surface area (Å²) >= 11 is 0. The molecule has 100 valence electrons. The summed E-state index contributed by atoms with van der Waals surface area (Å²) in [6, 6.07) is 6.40. The maximum atomic E-state index is 13.1. The Labute approximate surface area is 107 Å². The number of carbonyl (C=O) groups excluding carboxylic acids is 1. The lowest BCUT2D eigenvalue weighted by molar-refractivity contribution is -0.150. The van der Waals surface area contributed by atoms with E-state index in [9.17, 15) is 9.18 Å². The molecule has 1 unspecified atom stereocenters. The second kappa shape index (κ2) is 5.96. The highest BCUT2D eigenvalue weighted by Gasteiger charge is 2.28. The van der Waals surface area contributed by atoms with Crippen molar-refractivity contribution in [1.29, 1.82) is 0 Å². The molecule has 1 atom stereocenters. The Morgan fingerprint density at radius 1 is 1.50 bits per heavy atom. The minimum atomic E-state index is -0.601. The molecule has 0 aliphatic rings. The topological polar surface area (TPSA) is 38.3 Å². The largest absolute Gasteiger partial charge is 0.469 e. The van der Waals surface area contributed by atoms with Crippen molar-refractivity contribution in [3.05, 3.63) is 35.6 Å². The minimum Gasteiger partial charge on any atom is -0.469 e. The zero-order chi connectivity index (χ0) is 13.8. The summed E-state index contributed by atoms with van der Waals surface area (Å²) in [5, 5.41) is 3.21. The maximum absolute atomic E-state index is 13.1. The minimum absolute atomic E-state index is 0.0235. The highest BCUT2D eigenvalue weighted by Crippen LogP contribution is 2.19. The molecule has 0 spiro atoms. The highest BCUT2D eigenvalue weighted by atomic mass is 19.1. The number of halogens is 1. The third kappa shape index (κ3) is 3.81. The van der Waals surface area contributed by atoms with E-state index in [1.807, 2.05) is 26.8 Å². The number of nitrogens with one attached hydrogen (secondary N) is 1. The summed E-state index contributed by atoms with van der Waals surface area (Å²) in [7, 11) is 1.38. The summed E-state index contributed by atoms with van der Waals surface area (Å²) in [4.78, 5) is 11.5. The Kier molecular flexibility index (Phi) is 4.84. The Morgan fingerprint density at radius 2 is 2.17 bits per heavy atom. The fourth-order valence-electron chi connectivity index (χ4n) is 1.65. The molecule has 0 saturated heterocycles. The Balaban J connectivity index is 2.61. The number of hydrogen-bond acceptors (Lipinski definition) is 3. The lowest BCUT2D eigenvalue weighted by atomic mass is 9.93. The fraction of sp³-hybridized carbons (Fsp3) is 0.500. The number of benzene rings is 1. The summed E-state index contributed by atoms with van der Waals surface area (Å²) in [6.45, 7) is 6.02. The SMILES string of the molecule is COC(=O)C(C)(C)CNC(C)c1cccc(F)c1. The molecule has 0 amide bonds. The van der Waals surface area contributed by atoms with E-state index in [4.69, 9.17) is 4.74 Å². The van der Waals surface area contributed by atoms with E-state index in [1.54, 1.807) is 6.07 Å². The van der Waals surface area contributed by atoms with Crippen molar-refractivity contribution in [1.82, 2.24) is 5.32 Å². The van der Waals surface area contributed by atoms with E-state index < -0.39 is 5.41 Å². The first-order valence-corrected chi connectivity index (χ1v) is 5.94. The van der Waals surface area contributed by atoms with Gasteiger partial charge in [0.05, 0.1) is 12.5 Å². The van der Waals surface area contributed by atoms with Crippen molar-refractivity contribution in [2.24, 2.45) is 5.41 Å². The monoisotopic (exact) mass is 253 g/mol. The first-order valence-electron chi connectivity index (χ1n) is 5.94. The van der Waals surface area contributed by atoms with Gasteiger partial charge >= 0.3 is 5.97 Å². The molecular weight excluding hydrogens is 233 g/mol. The van der Waals surface area contributed by atoms with Crippen molar-refractivity contribution in [3.63, 3.8) is 0 Å². The van der Waals surface area contributed by atoms with Gasteiger partial charge in [0.1, 0.15) is 5.82 Å². The zero-order valence-electron chi connectivity index (χ0n) is 11.3. The van der Waals surface area contributed by atoms with Crippen molar-refractivity contribution >= 4 is 5.97 Å². The van der Waals surface area contributed by atoms with Gasteiger partial charge in [-0.05, 0) is 38.5 Å². The number of esters is 1. The Bertz CT molecular complexity index is 418. The van der Waals surface area contributed by atoms with Gasteiger partial charge in [0.25, 0.3) is 0 Å². The number of hydrogen-bond donors (Lipinski definition) is 1. The van der Waals surface area contributed by atoms with Gasteiger partial charge in [0.2, 0.25) is 0 Å². The van der Waals surface area contributed by atoms with Gasteiger partial charge in [0, 0.05) is 12.6 Å². The molecule has 0 bridgehead atoms. The van der Waals surface area contributed by atoms with Gasteiger partial charge in [-0.25, -0.2) is 4.39 Å². The van der Waals surface area contributed by atoms with Crippen LogP contribution >= 0.6 is 0 Å². The van der Waals surface area contributed by atoms with E-state index in [0.717, 1.165) is 5.56 Å². The molecule has 0 aromatic heterocycles. The molecule has 0 aliphatic carbocycles. The van der Waals surface area contributed by atoms with Crippen LogP contribution < -0.4 is 5.32 Å². The van der Waals surface area contributed by atoms with Gasteiger partial charge < -0.3 is 10.1 Å². The molecule has 1 rings (SSSR count). The van der Waals surface area contributed by atoms with Gasteiger partial charge in [-0.2, -0.15) is 0 Å². The zero-order valence-corrected chi connectivity index (χ0v) is 11.3. The third-order valence-corrected chi connectivity index (χ3v) is 2.94. The molecule has 1 aromatic rings. The summed E-state index contributed by atoms with van der Waals surface area (Å²) < 4.78 is 17.8. The van der Waals surface area contributed by atoms with E-state index in [2.05, 4.69) is 5.32 Å². The molecule has 0 aliphatic heterocycles. The predicted molar refractivity (Wildman–Crippen MR) is 68.6 cm³/mol. The molecule has 0 heterocycles. The second-order valence-electron chi connectivity index (χ2n) is 5.03. The van der Waals surface area contributed by atoms with Gasteiger partial charge in [-0.15, -0.1) is 0 Å². The van der Waals surface area contributed by atoms with Crippen molar-refractivity contribution in [2.45, 2.75) is 26.8 Å². The molecule has 1 aromatic carbocycles. The highest BCUT2D eigenvalue weighted by molar-refractivity contribution is 5.76. The summed E-state index contributed by atoms with van der Waals surface area (Å²) in [6.07, 6.45) is 0. The molecule has 1 N–H and O–H groups in total. The van der Waals surface area contributed by atoms with E-state index in [1.165, 1.54) is 19.2 Å². The number of ether oxygens (including phenoxy) is 1. The molecule has 18 heavy (non-hydrogen) atoms. The smallest absolute Gasteiger partial charge is 0.312 e. The summed E-state index contributed by atoms with van der Waals surface area (Å²) in [5.41, 5.74) is 0.256. The molecular formula is C14H20FNO2. The van der Waals surface area contributed by atoms with Crippen molar-refractivity contribution in [3.8, 4) is 0 Å². The van der Waals surface area contributed by atoms with Crippen molar-refractivity contribution < 1.29 is 13.9 Å². The first-order chi connectivity index (χ1) is 8.36. The third-order valence-electron chi connectivity index (χ3n) is 2.94. The van der Waals surface area contributed by atoms with E-state index in [-0.39, 0.29) is 17.8 Å². The van der Waals surface area contributed by atoms with Crippen LogP contribution in [0.1, 0.15) is 32.4 Å². The molecule has 3 nitrogen and oxygen atoms in total. The number of rotatable bonds is 5. The fourth-order valence-corrected chi connectivity index (χ4v) is 1.65. The molecule has 4 heteroatoms. The van der Waals surface area contributed by atoms with Crippen LogP contribution in [0.4, 0.5) is 4.39 Å². The van der Waals surface area contributed by atoms with Crippen LogP contribution in [0.3, 0.4) is 0 Å². The van der Waals surface area contributed by atoms with Crippen LogP contribution in [0.2, 0.25) is 0 Å². The average molecular weight is 253 g/mol. The predicted octanol–water partition coefficient (Wildman–Crippen LogP) is 2.68. The Hall–Kier alpha value is -1.42. The molecule has 0 saturated carbocycles.